The van der Waals surface area contributed by atoms with Crippen LogP contribution in [0.3, 0.4) is 0 Å². The molecule has 1 saturated heterocycles. The molecule has 0 spiro atoms. The van der Waals surface area contributed by atoms with Crippen molar-refractivity contribution in [1.29, 1.82) is 0 Å². The molecule has 4 heteroatoms. The van der Waals surface area contributed by atoms with Gasteiger partial charge < -0.3 is 5.73 Å². The topological polar surface area (TPSA) is 29.3 Å². The summed E-state index contributed by atoms with van der Waals surface area (Å²) in [6, 6.07) is 4.99. The highest BCUT2D eigenvalue weighted by atomic mass is 35.5. The zero-order valence-corrected chi connectivity index (χ0v) is 11.3. The molecule has 1 fully saturated rings. The van der Waals surface area contributed by atoms with Crippen LogP contribution in [0.25, 0.3) is 0 Å². The van der Waals surface area contributed by atoms with E-state index in [0.717, 1.165) is 25.9 Å². The third kappa shape index (κ3) is 3.02. The van der Waals surface area contributed by atoms with E-state index in [1.807, 2.05) is 0 Å². The summed E-state index contributed by atoms with van der Waals surface area (Å²) in [6.07, 6.45) is 4.14. The van der Waals surface area contributed by atoms with Crippen LogP contribution >= 0.6 is 11.6 Å². The van der Waals surface area contributed by atoms with Gasteiger partial charge in [0.1, 0.15) is 5.82 Å². The van der Waals surface area contributed by atoms with Crippen molar-refractivity contribution in [2.24, 2.45) is 5.73 Å². The molecule has 0 aliphatic carbocycles. The molecular weight excluding hydrogens is 251 g/mol. The summed E-state index contributed by atoms with van der Waals surface area (Å²) in [5.41, 5.74) is 6.23. The van der Waals surface area contributed by atoms with Crippen LogP contribution < -0.4 is 5.73 Å². The van der Waals surface area contributed by atoms with E-state index in [0.29, 0.717) is 17.1 Å². The Balaban J connectivity index is 2.26. The van der Waals surface area contributed by atoms with Gasteiger partial charge in [-0.1, -0.05) is 17.7 Å². The van der Waals surface area contributed by atoms with Gasteiger partial charge in [0.2, 0.25) is 0 Å². The number of benzene rings is 1. The van der Waals surface area contributed by atoms with E-state index in [1.165, 1.54) is 18.9 Å². The molecule has 0 amide bonds. The minimum atomic E-state index is -0.198. The molecule has 0 aromatic heterocycles. The number of halogens is 2. The highest BCUT2D eigenvalue weighted by Crippen LogP contribution is 2.35. The molecule has 2 N–H and O–H groups in total. The van der Waals surface area contributed by atoms with Gasteiger partial charge in [0.15, 0.2) is 0 Å². The molecule has 1 unspecified atom stereocenters. The number of hydrogen-bond donors (Lipinski definition) is 1. The van der Waals surface area contributed by atoms with Gasteiger partial charge in [0, 0.05) is 16.6 Å². The quantitative estimate of drug-likeness (QED) is 0.889. The summed E-state index contributed by atoms with van der Waals surface area (Å²) in [4.78, 5) is 2.33. The van der Waals surface area contributed by atoms with Crippen molar-refractivity contribution in [3.63, 3.8) is 0 Å². The van der Waals surface area contributed by atoms with Gasteiger partial charge in [0.25, 0.3) is 0 Å². The summed E-state index contributed by atoms with van der Waals surface area (Å²) in [5, 5.41) is 0.531. The van der Waals surface area contributed by atoms with Crippen molar-refractivity contribution < 1.29 is 4.39 Å². The summed E-state index contributed by atoms with van der Waals surface area (Å²) >= 11 is 6.18. The van der Waals surface area contributed by atoms with E-state index < -0.39 is 0 Å². The normalized spacial score (nSPS) is 18.2. The van der Waals surface area contributed by atoms with E-state index in [1.54, 1.807) is 12.1 Å². The Kier molecular flexibility index (Phi) is 4.98. The number of nitrogens with zero attached hydrogens (tertiary/aromatic N) is 1. The highest BCUT2D eigenvalue weighted by molar-refractivity contribution is 6.31. The van der Waals surface area contributed by atoms with Crippen molar-refractivity contribution in [3.05, 3.63) is 34.6 Å². The summed E-state index contributed by atoms with van der Waals surface area (Å²) in [5.74, 6) is -0.198. The monoisotopic (exact) mass is 270 g/mol. The van der Waals surface area contributed by atoms with Gasteiger partial charge in [-0.2, -0.15) is 0 Å². The molecule has 1 aromatic rings. The number of nitrogens with two attached hydrogens (primary N) is 1. The van der Waals surface area contributed by atoms with Crippen LogP contribution in [0.2, 0.25) is 5.02 Å². The first-order valence-electron chi connectivity index (χ1n) is 6.62. The van der Waals surface area contributed by atoms with Gasteiger partial charge in [-0.3, -0.25) is 4.90 Å². The van der Waals surface area contributed by atoms with Gasteiger partial charge in [0.05, 0.1) is 0 Å². The molecule has 18 heavy (non-hydrogen) atoms. The van der Waals surface area contributed by atoms with E-state index in [-0.39, 0.29) is 11.9 Å². The van der Waals surface area contributed by atoms with Crippen LogP contribution in [-0.2, 0) is 0 Å². The second kappa shape index (κ2) is 6.50. The molecule has 2 rings (SSSR count). The van der Waals surface area contributed by atoms with E-state index >= 15 is 0 Å². The van der Waals surface area contributed by atoms with Crippen molar-refractivity contribution in [2.45, 2.75) is 31.7 Å². The third-order valence-electron chi connectivity index (χ3n) is 3.60. The highest BCUT2D eigenvalue weighted by Gasteiger charge is 2.26. The fourth-order valence-electron chi connectivity index (χ4n) is 2.70. The minimum absolute atomic E-state index is 0.0738. The third-order valence-corrected chi connectivity index (χ3v) is 3.93. The lowest BCUT2D eigenvalue weighted by atomic mass is 9.99. The molecule has 0 saturated carbocycles. The lowest BCUT2D eigenvalue weighted by molar-refractivity contribution is 0.226. The molecule has 0 radical (unpaired) electrons. The van der Waals surface area contributed by atoms with Crippen molar-refractivity contribution in [2.75, 3.05) is 19.6 Å². The van der Waals surface area contributed by atoms with Gasteiger partial charge in [-0.05, 0) is 57.5 Å². The first kappa shape index (κ1) is 13.8. The fourth-order valence-corrected chi connectivity index (χ4v) is 2.99. The van der Waals surface area contributed by atoms with E-state index in [2.05, 4.69) is 4.90 Å². The predicted octanol–water partition coefficient (Wildman–Crippen LogP) is 3.35. The Morgan fingerprint density at radius 3 is 2.67 bits per heavy atom. The first-order chi connectivity index (χ1) is 8.74. The molecule has 1 aliphatic rings. The smallest absolute Gasteiger partial charge is 0.129 e. The number of hydrogen-bond acceptors (Lipinski definition) is 2. The molecule has 1 aromatic carbocycles. The van der Waals surface area contributed by atoms with Gasteiger partial charge >= 0.3 is 0 Å². The lowest BCUT2D eigenvalue weighted by Gasteiger charge is -2.29. The molecule has 0 bridgehead atoms. The average molecular weight is 271 g/mol. The largest absolute Gasteiger partial charge is 0.330 e. The van der Waals surface area contributed by atoms with Crippen molar-refractivity contribution in [3.8, 4) is 0 Å². The number of rotatable bonds is 5. The number of likely N-dealkylation sites (tertiary alicyclic amines) is 1. The minimum Gasteiger partial charge on any atom is -0.330 e. The van der Waals surface area contributed by atoms with Crippen LogP contribution in [0.4, 0.5) is 4.39 Å². The Hall–Kier alpha value is -0.640. The lowest BCUT2D eigenvalue weighted by Crippen LogP contribution is -2.27. The fraction of sp³-hybridized carbons (Fsp3) is 0.571. The first-order valence-corrected chi connectivity index (χ1v) is 7.00. The maximum Gasteiger partial charge on any atom is 0.129 e. The molecule has 2 nitrogen and oxygen atoms in total. The Morgan fingerprint density at radius 1 is 1.33 bits per heavy atom. The SMILES string of the molecule is NCCCC(c1c(F)cccc1Cl)N1CCCC1. The van der Waals surface area contributed by atoms with Gasteiger partial charge in [-0.25, -0.2) is 4.39 Å². The van der Waals surface area contributed by atoms with Crippen LogP contribution in [-0.4, -0.2) is 24.5 Å². The zero-order chi connectivity index (χ0) is 13.0. The summed E-state index contributed by atoms with van der Waals surface area (Å²) in [6.45, 7) is 2.69. The predicted molar refractivity (Wildman–Crippen MR) is 73.2 cm³/mol. The van der Waals surface area contributed by atoms with Crippen molar-refractivity contribution >= 4 is 11.6 Å². The Labute approximate surface area is 113 Å². The van der Waals surface area contributed by atoms with Crippen LogP contribution in [0, 0.1) is 5.82 Å². The maximum absolute atomic E-state index is 14.0. The second-order valence-electron chi connectivity index (χ2n) is 4.83. The summed E-state index contributed by atoms with van der Waals surface area (Å²) < 4.78 is 14.0. The standard InChI is InChI=1S/C14H20ClFN2/c15-11-5-3-6-12(16)14(11)13(7-4-8-17)18-9-1-2-10-18/h3,5-6,13H,1-2,4,7-10,17H2. The Morgan fingerprint density at radius 2 is 2.06 bits per heavy atom. The molecule has 1 aliphatic heterocycles. The van der Waals surface area contributed by atoms with Gasteiger partial charge in [-0.15, -0.1) is 0 Å². The van der Waals surface area contributed by atoms with Crippen molar-refractivity contribution in [1.82, 2.24) is 4.90 Å². The molecule has 1 heterocycles. The van der Waals surface area contributed by atoms with E-state index in [4.69, 9.17) is 17.3 Å². The molecule has 1 atom stereocenters. The second-order valence-corrected chi connectivity index (χ2v) is 5.23. The van der Waals surface area contributed by atoms with Crippen LogP contribution in [0.5, 0.6) is 0 Å². The summed E-state index contributed by atoms with van der Waals surface area (Å²) in [7, 11) is 0. The van der Waals surface area contributed by atoms with Crippen LogP contribution in [0.1, 0.15) is 37.3 Å². The zero-order valence-electron chi connectivity index (χ0n) is 10.5. The molecular formula is C14H20ClFN2. The van der Waals surface area contributed by atoms with E-state index in [9.17, 15) is 4.39 Å². The molecule has 100 valence electrons. The van der Waals surface area contributed by atoms with Crippen LogP contribution in [0.15, 0.2) is 18.2 Å². The average Bonchev–Trinajstić information content (AvgIpc) is 2.86. The maximum atomic E-state index is 14.0. The Bertz CT molecular complexity index is 371.